The molecule has 0 saturated heterocycles. The third-order valence-corrected chi connectivity index (χ3v) is 2.68. The number of carbonyl (C=O) groups excluding carboxylic acids is 1. The maximum atomic E-state index is 11.8. The summed E-state index contributed by atoms with van der Waals surface area (Å²) in [5.41, 5.74) is 8.23. The lowest BCUT2D eigenvalue weighted by Crippen LogP contribution is -2.50. The minimum Gasteiger partial charge on any atom is -0.335 e. The van der Waals surface area contributed by atoms with Gasteiger partial charge in [0.05, 0.1) is 5.57 Å². The maximum absolute atomic E-state index is 11.8. The number of carbonyl (C=O) groups is 1. The summed E-state index contributed by atoms with van der Waals surface area (Å²) in [6, 6.07) is 0. The first-order valence-corrected chi connectivity index (χ1v) is 4.78. The molecule has 0 aromatic carbocycles. The molecule has 5 nitrogen and oxygen atoms in total. The van der Waals surface area contributed by atoms with Crippen LogP contribution in [-0.2, 0) is 4.79 Å². The van der Waals surface area contributed by atoms with Crippen LogP contribution in [0.5, 0.6) is 0 Å². The van der Waals surface area contributed by atoms with Crippen molar-refractivity contribution in [2.75, 3.05) is 7.05 Å². The summed E-state index contributed by atoms with van der Waals surface area (Å²) in [5, 5.41) is 2.59. The van der Waals surface area contributed by atoms with Crippen molar-refractivity contribution < 1.29 is 4.79 Å². The Kier molecular flexibility index (Phi) is 2.12. The third-order valence-electron chi connectivity index (χ3n) is 2.68. The van der Waals surface area contributed by atoms with Gasteiger partial charge in [-0.25, -0.2) is 4.99 Å². The van der Waals surface area contributed by atoms with Gasteiger partial charge >= 0.3 is 0 Å². The van der Waals surface area contributed by atoms with Crippen LogP contribution in [0.2, 0.25) is 0 Å². The van der Waals surface area contributed by atoms with Crippen LogP contribution in [0.3, 0.4) is 0 Å². The highest BCUT2D eigenvalue weighted by molar-refractivity contribution is 6.23. The number of nitrogens with one attached hydrogen (secondary N) is 1. The van der Waals surface area contributed by atoms with E-state index in [1.165, 1.54) is 0 Å². The van der Waals surface area contributed by atoms with Crippen LogP contribution >= 0.6 is 0 Å². The van der Waals surface area contributed by atoms with Gasteiger partial charge < -0.3 is 10.2 Å². The lowest BCUT2D eigenvalue weighted by Gasteiger charge is -2.31. The van der Waals surface area contributed by atoms with Crippen LogP contribution in [0.1, 0.15) is 13.8 Å². The molecule has 2 heterocycles. The first kappa shape index (κ1) is 9.92. The van der Waals surface area contributed by atoms with E-state index >= 15 is 0 Å². The topological polar surface area (TPSA) is 70.7 Å². The molecule has 0 saturated carbocycles. The summed E-state index contributed by atoms with van der Waals surface area (Å²) in [7, 11) is 1.86. The quantitative estimate of drug-likeness (QED) is 0.582. The molecule has 0 fully saturated rings. The van der Waals surface area contributed by atoms with E-state index in [2.05, 4.69) is 10.3 Å². The van der Waals surface area contributed by atoms with E-state index in [0.29, 0.717) is 11.4 Å². The number of fused-ring (bicyclic) bond motifs is 1. The van der Waals surface area contributed by atoms with E-state index in [-0.39, 0.29) is 5.91 Å². The highest BCUT2D eigenvalue weighted by Crippen LogP contribution is 2.24. The van der Waals surface area contributed by atoms with Crippen molar-refractivity contribution in [1.29, 1.82) is 0 Å². The van der Waals surface area contributed by atoms with Crippen LogP contribution in [0, 0.1) is 0 Å². The predicted octanol–water partition coefficient (Wildman–Crippen LogP) is -0.0773. The molecular formula is C10H14N4O. The summed E-state index contributed by atoms with van der Waals surface area (Å²) >= 11 is 0. The van der Waals surface area contributed by atoms with Gasteiger partial charge in [-0.2, -0.15) is 0 Å². The van der Waals surface area contributed by atoms with Gasteiger partial charge in [-0.1, -0.05) is 0 Å². The molecule has 1 unspecified atom stereocenters. The number of allylic oxidation sites excluding steroid dienone is 2. The second-order valence-corrected chi connectivity index (χ2v) is 3.79. The monoisotopic (exact) mass is 206 g/mol. The van der Waals surface area contributed by atoms with Crippen molar-refractivity contribution in [2.24, 2.45) is 10.7 Å². The van der Waals surface area contributed by atoms with E-state index in [1.54, 1.807) is 0 Å². The van der Waals surface area contributed by atoms with Crippen LogP contribution in [0.25, 0.3) is 0 Å². The fourth-order valence-electron chi connectivity index (χ4n) is 1.79. The zero-order valence-electron chi connectivity index (χ0n) is 9.03. The minimum absolute atomic E-state index is 0.149. The molecular weight excluding hydrogens is 192 g/mol. The number of amides is 1. The van der Waals surface area contributed by atoms with Gasteiger partial charge in [0.1, 0.15) is 5.84 Å². The molecule has 0 aromatic rings. The van der Waals surface area contributed by atoms with E-state index in [4.69, 9.17) is 5.73 Å². The van der Waals surface area contributed by atoms with Gasteiger partial charge in [-0.05, 0) is 25.0 Å². The molecule has 5 heteroatoms. The highest BCUT2D eigenvalue weighted by atomic mass is 16.2. The molecule has 15 heavy (non-hydrogen) atoms. The average Bonchev–Trinajstić information content (AvgIpc) is 2.13. The number of likely N-dealkylation sites (N-methyl/N-ethyl adjacent to an activating group) is 1. The normalized spacial score (nSPS) is 25.7. The van der Waals surface area contributed by atoms with Crippen molar-refractivity contribution in [3.05, 3.63) is 22.9 Å². The van der Waals surface area contributed by atoms with Gasteiger partial charge in [-0.15, -0.1) is 0 Å². The summed E-state index contributed by atoms with van der Waals surface area (Å²) in [6.07, 6.45) is 1.31. The number of amidine groups is 1. The smallest absolute Gasteiger partial charge is 0.257 e. The van der Waals surface area contributed by atoms with Gasteiger partial charge in [-0.3, -0.25) is 10.5 Å². The van der Waals surface area contributed by atoms with Gasteiger partial charge in [0.2, 0.25) is 0 Å². The second kappa shape index (κ2) is 3.20. The second-order valence-electron chi connectivity index (χ2n) is 3.79. The molecule has 80 valence electrons. The van der Waals surface area contributed by atoms with E-state index in [9.17, 15) is 4.79 Å². The van der Waals surface area contributed by atoms with E-state index in [0.717, 1.165) is 11.1 Å². The van der Waals surface area contributed by atoms with Crippen LogP contribution in [0.15, 0.2) is 27.9 Å². The molecule has 0 aromatic heterocycles. The number of hydrogen-bond acceptors (Lipinski definition) is 4. The zero-order valence-corrected chi connectivity index (χ0v) is 9.03. The van der Waals surface area contributed by atoms with Gasteiger partial charge in [0.15, 0.2) is 6.29 Å². The molecule has 0 bridgehead atoms. The maximum Gasteiger partial charge on any atom is 0.257 e. The molecule has 0 radical (unpaired) electrons. The summed E-state index contributed by atoms with van der Waals surface area (Å²) < 4.78 is 0. The molecule has 3 N–H and O–H groups in total. The Morgan fingerprint density at radius 3 is 2.87 bits per heavy atom. The zero-order chi connectivity index (χ0) is 11.2. The van der Waals surface area contributed by atoms with Crippen molar-refractivity contribution in [1.82, 2.24) is 10.2 Å². The van der Waals surface area contributed by atoms with Crippen molar-refractivity contribution in [2.45, 2.75) is 20.1 Å². The van der Waals surface area contributed by atoms with Gasteiger partial charge in [0.25, 0.3) is 5.91 Å². The lowest BCUT2D eigenvalue weighted by atomic mass is 9.97. The lowest BCUT2D eigenvalue weighted by molar-refractivity contribution is -0.118. The first-order chi connectivity index (χ1) is 7.00. The minimum atomic E-state index is -0.640. The van der Waals surface area contributed by atoms with Crippen molar-refractivity contribution >= 4 is 11.7 Å². The number of nitrogens with two attached hydrogens (primary N) is 1. The van der Waals surface area contributed by atoms with E-state index < -0.39 is 6.29 Å². The number of rotatable bonds is 0. The van der Waals surface area contributed by atoms with Crippen molar-refractivity contribution in [3.8, 4) is 0 Å². The summed E-state index contributed by atoms with van der Waals surface area (Å²) in [4.78, 5) is 17.8. The molecule has 2 rings (SSSR count). The van der Waals surface area contributed by atoms with Crippen LogP contribution in [0.4, 0.5) is 0 Å². The SMILES string of the molecule is CC1=CN(C)C2=NC(N)NC(=O)C2=C1C. The fraction of sp³-hybridized carbons (Fsp3) is 0.400. The summed E-state index contributed by atoms with van der Waals surface area (Å²) in [6.45, 7) is 3.89. The van der Waals surface area contributed by atoms with E-state index in [1.807, 2.05) is 32.0 Å². The molecule has 1 atom stereocenters. The molecule has 0 spiro atoms. The molecule has 2 aliphatic rings. The molecule has 0 aliphatic carbocycles. The Morgan fingerprint density at radius 1 is 1.53 bits per heavy atom. The Labute approximate surface area is 88.3 Å². The number of hydrogen-bond donors (Lipinski definition) is 2. The van der Waals surface area contributed by atoms with Crippen LogP contribution < -0.4 is 11.1 Å². The number of nitrogens with zero attached hydrogens (tertiary/aromatic N) is 2. The average molecular weight is 206 g/mol. The fourth-order valence-corrected chi connectivity index (χ4v) is 1.79. The van der Waals surface area contributed by atoms with Crippen molar-refractivity contribution in [3.63, 3.8) is 0 Å². The largest absolute Gasteiger partial charge is 0.335 e. The Bertz CT molecular complexity index is 419. The standard InChI is InChI=1S/C10H14N4O/c1-5-4-14(3)8-7(6(5)2)9(15)13-10(11)12-8/h4,10H,11H2,1-3H3,(H,13,15). The molecule has 1 amide bonds. The first-order valence-electron chi connectivity index (χ1n) is 4.78. The Hall–Kier alpha value is -1.62. The Morgan fingerprint density at radius 2 is 2.20 bits per heavy atom. The summed E-state index contributed by atoms with van der Waals surface area (Å²) in [5.74, 6) is 0.499. The Balaban J connectivity index is 2.59. The highest BCUT2D eigenvalue weighted by Gasteiger charge is 2.30. The third kappa shape index (κ3) is 1.45. The number of aliphatic imine (C=N–C) groups is 1. The predicted molar refractivity (Wildman–Crippen MR) is 57.8 cm³/mol. The van der Waals surface area contributed by atoms with Gasteiger partial charge in [0, 0.05) is 13.2 Å². The molecule has 2 aliphatic heterocycles. The van der Waals surface area contributed by atoms with Crippen LogP contribution in [-0.4, -0.2) is 30.0 Å².